The number of hydrogen-bond acceptors (Lipinski definition) is 5. The van der Waals surface area contributed by atoms with Crippen molar-refractivity contribution in [2.24, 2.45) is 0 Å². The van der Waals surface area contributed by atoms with Crippen molar-refractivity contribution < 1.29 is 15.1 Å². The summed E-state index contributed by atoms with van der Waals surface area (Å²) in [6.45, 7) is 1.64. The van der Waals surface area contributed by atoms with Gasteiger partial charge in [0, 0.05) is 23.1 Å². The zero-order valence-corrected chi connectivity index (χ0v) is 10.3. The summed E-state index contributed by atoms with van der Waals surface area (Å²) in [5.41, 5.74) is 0.909. The molecule has 0 bridgehead atoms. The van der Waals surface area contributed by atoms with E-state index in [4.69, 9.17) is 5.11 Å². The van der Waals surface area contributed by atoms with Crippen LogP contribution in [0.5, 0.6) is 0 Å². The van der Waals surface area contributed by atoms with E-state index in [2.05, 4.69) is 0 Å². The Balaban J connectivity index is 2.65. The van der Waals surface area contributed by atoms with Gasteiger partial charge in [-0.3, -0.25) is 10.1 Å². The molecule has 0 radical (unpaired) electrons. The van der Waals surface area contributed by atoms with E-state index in [9.17, 15) is 15.2 Å². The molecule has 5 nitrogen and oxygen atoms in total. The van der Waals surface area contributed by atoms with Crippen molar-refractivity contribution in [2.45, 2.75) is 18.3 Å². The zero-order valence-electron chi connectivity index (χ0n) is 9.44. The lowest BCUT2D eigenvalue weighted by Gasteiger charge is -2.13. The van der Waals surface area contributed by atoms with E-state index in [1.165, 1.54) is 23.9 Å². The van der Waals surface area contributed by atoms with Crippen LogP contribution in [0.1, 0.15) is 17.7 Å². The molecule has 1 aromatic carbocycles. The van der Waals surface area contributed by atoms with Crippen molar-refractivity contribution in [3.8, 4) is 0 Å². The molecule has 17 heavy (non-hydrogen) atoms. The summed E-state index contributed by atoms with van der Waals surface area (Å²) in [5.74, 6) is 0.403. The summed E-state index contributed by atoms with van der Waals surface area (Å²) in [6.07, 6.45) is -0.749. The lowest BCUT2D eigenvalue weighted by Crippen LogP contribution is -2.15. The molecule has 0 heterocycles. The summed E-state index contributed by atoms with van der Waals surface area (Å²) in [6, 6.07) is 6.44. The Morgan fingerprint density at radius 3 is 2.82 bits per heavy atom. The molecular weight excluding hydrogens is 242 g/mol. The highest BCUT2D eigenvalue weighted by Gasteiger charge is 2.12. The maximum Gasteiger partial charge on any atom is 0.269 e. The van der Waals surface area contributed by atoms with Gasteiger partial charge in [-0.2, -0.15) is 11.8 Å². The van der Waals surface area contributed by atoms with E-state index in [-0.39, 0.29) is 17.5 Å². The van der Waals surface area contributed by atoms with Crippen LogP contribution in [0.4, 0.5) is 5.69 Å². The summed E-state index contributed by atoms with van der Waals surface area (Å²) < 4.78 is 0. The third-order valence-corrected chi connectivity index (χ3v) is 3.65. The van der Waals surface area contributed by atoms with Gasteiger partial charge in [0.25, 0.3) is 5.69 Å². The predicted octanol–water partition coefficient (Wildman–Crippen LogP) is 1.74. The van der Waals surface area contributed by atoms with E-state index in [1.54, 1.807) is 6.07 Å². The first-order chi connectivity index (χ1) is 8.04. The molecule has 94 valence electrons. The molecule has 0 aliphatic carbocycles. The summed E-state index contributed by atoms with van der Waals surface area (Å²) >= 11 is 1.45. The zero-order chi connectivity index (χ0) is 12.8. The maximum atomic E-state index is 10.6. The molecule has 2 atom stereocenters. The minimum atomic E-state index is -0.749. The van der Waals surface area contributed by atoms with Crippen LogP contribution in [0.3, 0.4) is 0 Å². The first-order valence-corrected chi connectivity index (χ1v) is 6.24. The number of aliphatic hydroxyl groups is 2. The number of aliphatic hydroxyl groups excluding tert-OH is 2. The first-order valence-electron chi connectivity index (χ1n) is 5.19. The molecule has 1 rings (SSSR count). The number of rotatable bonds is 6. The van der Waals surface area contributed by atoms with Crippen molar-refractivity contribution >= 4 is 17.4 Å². The number of benzene rings is 1. The molecule has 1 aromatic rings. The van der Waals surface area contributed by atoms with Crippen LogP contribution in [0, 0.1) is 10.1 Å². The summed E-state index contributed by atoms with van der Waals surface area (Å²) in [7, 11) is 0. The maximum absolute atomic E-state index is 10.6. The topological polar surface area (TPSA) is 83.6 Å². The molecule has 0 saturated heterocycles. The van der Waals surface area contributed by atoms with E-state index in [0.717, 1.165) is 5.56 Å². The highest BCUT2D eigenvalue weighted by atomic mass is 32.2. The Labute approximate surface area is 104 Å². The normalized spacial score (nSPS) is 14.3. The highest BCUT2D eigenvalue weighted by Crippen LogP contribution is 2.30. The number of non-ortho nitro benzene ring substituents is 1. The smallest absolute Gasteiger partial charge is 0.269 e. The molecule has 0 amide bonds. The van der Waals surface area contributed by atoms with E-state index >= 15 is 0 Å². The molecular formula is C11H15NO4S. The second-order valence-electron chi connectivity index (χ2n) is 3.66. The number of nitrogens with zero attached hydrogens (tertiary/aromatic N) is 1. The van der Waals surface area contributed by atoms with Crippen LogP contribution < -0.4 is 0 Å². The molecule has 0 aliphatic heterocycles. The summed E-state index contributed by atoms with van der Waals surface area (Å²) in [5, 5.41) is 28.6. The van der Waals surface area contributed by atoms with Crippen molar-refractivity contribution in [1.82, 2.24) is 0 Å². The molecule has 0 aromatic heterocycles. The number of nitro groups is 1. The van der Waals surface area contributed by atoms with Gasteiger partial charge in [0.15, 0.2) is 0 Å². The van der Waals surface area contributed by atoms with Crippen LogP contribution >= 0.6 is 11.8 Å². The van der Waals surface area contributed by atoms with Crippen molar-refractivity contribution in [3.05, 3.63) is 39.9 Å². The van der Waals surface area contributed by atoms with Crippen molar-refractivity contribution in [1.29, 1.82) is 0 Å². The number of thioether (sulfide) groups is 1. The number of hydrogen-bond donors (Lipinski definition) is 2. The van der Waals surface area contributed by atoms with Gasteiger partial charge >= 0.3 is 0 Å². The van der Waals surface area contributed by atoms with E-state index in [0.29, 0.717) is 5.75 Å². The van der Waals surface area contributed by atoms with Crippen LogP contribution in [0.2, 0.25) is 0 Å². The van der Waals surface area contributed by atoms with Crippen LogP contribution in [0.15, 0.2) is 24.3 Å². The van der Waals surface area contributed by atoms with Gasteiger partial charge in [-0.25, -0.2) is 0 Å². The fourth-order valence-corrected chi connectivity index (χ4v) is 2.25. The fourth-order valence-electron chi connectivity index (χ4n) is 1.30. The quantitative estimate of drug-likeness (QED) is 0.599. The van der Waals surface area contributed by atoms with Crippen LogP contribution in [0.25, 0.3) is 0 Å². The van der Waals surface area contributed by atoms with Crippen LogP contribution in [-0.2, 0) is 0 Å². The van der Waals surface area contributed by atoms with Gasteiger partial charge in [0.1, 0.15) is 0 Å². The fraction of sp³-hybridized carbons (Fsp3) is 0.455. The Kier molecular flexibility index (Phi) is 5.40. The van der Waals surface area contributed by atoms with Crippen molar-refractivity contribution in [3.63, 3.8) is 0 Å². The average molecular weight is 257 g/mol. The van der Waals surface area contributed by atoms with Gasteiger partial charge in [0.05, 0.1) is 17.6 Å². The highest BCUT2D eigenvalue weighted by molar-refractivity contribution is 7.99. The Bertz CT molecular complexity index is 385. The molecule has 2 N–H and O–H groups in total. The van der Waals surface area contributed by atoms with Gasteiger partial charge in [-0.1, -0.05) is 12.1 Å². The van der Waals surface area contributed by atoms with Gasteiger partial charge in [-0.05, 0) is 12.5 Å². The Morgan fingerprint density at radius 1 is 1.53 bits per heavy atom. The molecule has 0 saturated carbocycles. The summed E-state index contributed by atoms with van der Waals surface area (Å²) in [4.78, 5) is 10.2. The lowest BCUT2D eigenvalue weighted by atomic mass is 10.1. The van der Waals surface area contributed by atoms with Crippen LogP contribution in [-0.4, -0.2) is 33.6 Å². The molecule has 6 heteroatoms. The van der Waals surface area contributed by atoms with Crippen molar-refractivity contribution in [2.75, 3.05) is 12.4 Å². The minimum absolute atomic E-state index is 0.0381. The molecule has 0 unspecified atom stereocenters. The first kappa shape index (κ1) is 14.0. The molecule has 0 fully saturated rings. The number of nitro benzene ring substituents is 1. The molecule has 0 aliphatic rings. The monoisotopic (exact) mass is 257 g/mol. The predicted molar refractivity (Wildman–Crippen MR) is 67.1 cm³/mol. The Hall–Kier alpha value is -1.11. The third-order valence-electron chi connectivity index (χ3n) is 2.30. The van der Waals surface area contributed by atoms with Gasteiger partial charge in [0.2, 0.25) is 0 Å². The second-order valence-corrected chi connectivity index (χ2v) is 5.04. The lowest BCUT2D eigenvalue weighted by molar-refractivity contribution is -0.384. The Morgan fingerprint density at radius 2 is 2.24 bits per heavy atom. The molecule has 0 spiro atoms. The second kappa shape index (κ2) is 6.58. The standard InChI is InChI=1S/C11H15NO4S/c1-8(17-7-11(14)6-13)9-3-2-4-10(5-9)12(15)16/h2-5,8,11,13-14H,6-7H2,1H3/t8-,11-/m0/s1. The van der Waals surface area contributed by atoms with E-state index < -0.39 is 11.0 Å². The third kappa shape index (κ3) is 4.33. The van der Waals surface area contributed by atoms with Gasteiger partial charge in [-0.15, -0.1) is 0 Å². The largest absolute Gasteiger partial charge is 0.394 e. The SMILES string of the molecule is C[C@H](SC[C@@H](O)CO)c1cccc([N+](=O)[O-])c1. The average Bonchev–Trinajstić information content (AvgIpc) is 2.35. The minimum Gasteiger partial charge on any atom is -0.394 e. The van der Waals surface area contributed by atoms with E-state index in [1.807, 2.05) is 13.0 Å². The van der Waals surface area contributed by atoms with Gasteiger partial charge < -0.3 is 10.2 Å².